The van der Waals surface area contributed by atoms with Crippen molar-refractivity contribution >= 4 is 5.69 Å². The highest BCUT2D eigenvalue weighted by molar-refractivity contribution is 5.56. The monoisotopic (exact) mass is 455 g/mol. The van der Waals surface area contributed by atoms with Gasteiger partial charge in [0.2, 0.25) is 6.23 Å². The molecule has 11 heteroatoms. The van der Waals surface area contributed by atoms with Crippen LogP contribution in [0.1, 0.15) is 22.3 Å². The Labute approximate surface area is 179 Å². The molecule has 1 aliphatic rings. The molecule has 0 unspecified atom stereocenters. The fourth-order valence-electron chi connectivity index (χ4n) is 3.23. The van der Waals surface area contributed by atoms with Crippen LogP contribution in [0.25, 0.3) is 0 Å². The minimum atomic E-state index is -4.90. The fraction of sp³-hybridized carbons (Fsp3) is 0.333. The second-order valence-electron chi connectivity index (χ2n) is 6.97. The Balaban J connectivity index is 1.74. The summed E-state index contributed by atoms with van der Waals surface area (Å²) in [6, 6.07) is 12.1. The summed E-state index contributed by atoms with van der Waals surface area (Å²) >= 11 is 0. The Bertz CT molecular complexity index is 1040. The Hall–Kier alpha value is -3.28. The maximum absolute atomic E-state index is 13.5. The molecular weight excluding hydrogens is 440 g/mol. The average molecular weight is 455 g/mol. The predicted molar refractivity (Wildman–Crippen MR) is 99.0 cm³/mol. The molecule has 1 fully saturated rings. The molecule has 0 aromatic heterocycles. The molecule has 1 aliphatic heterocycles. The summed E-state index contributed by atoms with van der Waals surface area (Å²) in [5, 5.41) is 17.7. The molecule has 2 aromatic rings. The normalized spacial score (nSPS) is 18.9. The SMILES string of the molecule is N#Cc1ccc(COC[C@H]2CN(c3ccc(C#N)c(C(F)(F)F)c3)[C@H](C(F)(F)F)O2)cc1. The topological polar surface area (TPSA) is 69.3 Å². The lowest BCUT2D eigenvalue weighted by Gasteiger charge is -2.27. The molecule has 32 heavy (non-hydrogen) atoms. The van der Waals surface area contributed by atoms with E-state index in [4.69, 9.17) is 20.0 Å². The molecule has 2 aromatic carbocycles. The predicted octanol–water partition coefficient (Wildman–Crippen LogP) is 4.76. The first-order chi connectivity index (χ1) is 15.0. The van der Waals surface area contributed by atoms with Gasteiger partial charge in [0.25, 0.3) is 0 Å². The fourth-order valence-corrected chi connectivity index (χ4v) is 3.23. The zero-order chi connectivity index (χ0) is 23.5. The van der Waals surface area contributed by atoms with Gasteiger partial charge < -0.3 is 14.4 Å². The van der Waals surface area contributed by atoms with Crippen LogP contribution in [-0.2, 0) is 22.3 Å². The van der Waals surface area contributed by atoms with Gasteiger partial charge in [-0.25, -0.2) is 0 Å². The summed E-state index contributed by atoms with van der Waals surface area (Å²) < 4.78 is 90.6. The lowest BCUT2D eigenvalue weighted by molar-refractivity contribution is -0.217. The maximum Gasteiger partial charge on any atom is 0.433 e. The Kier molecular flexibility index (Phi) is 6.63. The van der Waals surface area contributed by atoms with Crippen molar-refractivity contribution in [2.45, 2.75) is 31.3 Å². The number of rotatable bonds is 5. The summed E-state index contributed by atoms with van der Waals surface area (Å²) in [5.41, 5.74) is -1.25. The van der Waals surface area contributed by atoms with Crippen molar-refractivity contribution in [1.82, 2.24) is 0 Å². The van der Waals surface area contributed by atoms with Crippen molar-refractivity contribution in [3.8, 4) is 12.1 Å². The van der Waals surface area contributed by atoms with Crippen LogP contribution >= 0.6 is 0 Å². The van der Waals surface area contributed by atoms with E-state index in [1.807, 2.05) is 6.07 Å². The Morgan fingerprint density at radius 3 is 2.25 bits per heavy atom. The van der Waals surface area contributed by atoms with E-state index in [1.165, 1.54) is 6.07 Å². The summed E-state index contributed by atoms with van der Waals surface area (Å²) in [6.45, 7) is -0.538. The van der Waals surface area contributed by atoms with Gasteiger partial charge in [0.05, 0.1) is 42.0 Å². The number of hydrogen-bond acceptors (Lipinski definition) is 5. The molecule has 0 spiro atoms. The van der Waals surface area contributed by atoms with Crippen LogP contribution in [0.4, 0.5) is 32.0 Å². The number of nitriles is 2. The van der Waals surface area contributed by atoms with Crippen molar-refractivity contribution in [2.75, 3.05) is 18.1 Å². The quantitative estimate of drug-likeness (QED) is 0.609. The summed E-state index contributed by atoms with van der Waals surface area (Å²) in [5.74, 6) is 0. The van der Waals surface area contributed by atoms with Gasteiger partial charge in [0, 0.05) is 12.2 Å². The van der Waals surface area contributed by atoms with Crippen LogP contribution in [0, 0.1) is 22.7 Å². The molecular formula is C21H15F6N3O2. The molecule has 3 rings (SSSR count). The van der Waals surface area contributed by atoms with Crippen LogP contribution in [0.3, 0.4) is 0 Å². The maximum atomic E-state index is 13.5. The molecule has 0 radical (unpaired) electrons. The van der Waals surface area contributed by atoms with Crippen LogP contribution in [0.2, 0.25) is 0 Å². The van der Waals surface area contributed by atoms with Gasteiger partial charge in [-0.3, -0.25) is 0 Å². The van der Waals surface area contributed by atoms with Crippen molar-refractivity contribution in [2.24, 2.45) is 0 Å². The van der Waals surface area contributed by atoms with Crippen LogP contribution in [0.15, 0.2) is 42.5 Å². The van der Waals surface area contributed by atoms with E-state index >= 15 is 0 Å². The lowest BCUT2D eigenvalue weighted by atomic mass is 10.1. The molecule has 1 saturated heterocycles. The molecule has 2 atom stereocenters. The Morgan fingerprint density at radius 1 is 1.00 bits per heavy atom. The molecule has 0 amide bonds. The number of benzene rings is 2. The van der Waals surface area contributed by atoms with Crippen molar-refractivity contribution in [3.63, 3.8) is 0 Å². The van der Waals surface area contributed by atoms with Crippen LogP contribution < -0.4 is 4.90 Å². The van der Waals surface area contributed by atoms with Crippen molar-refractivity contribution in [3.05, 3.63) is 64.7 Å². The molecule has 0 aliphatic carbocycles. The zero-order valence-corrected chi connectivity index (χ0v) is 16.2. The van der Waals surface area contributed by atoms with Gasteiger partial charge in [-0.1, -0.05) is 12.1 Å². The van der Waals surface area contributed by atoms with Gasteiger partial charge in [-0.15, -0.1) is 0 Å². The molecule has 0 bridgehead atoms. The number of nitrogens with zero attached hydrogens (tertiary/aromatic N) is 3. The third-order valence-corrected chi connectivity index (χ3v) is 4.70. The highest BCUT2D eigenvalue weighted by atomic mass is 19.4. The summed E-state index contributed by atoms with van der Waals surface area (Å²) in [4.78, 5) is 0.673. The zero-order valence-electron chi connectivity index (χ0n) is 16.2. The van der Waals surface area contributed by atoms with Gasteiger partial charge in [0.15, 0.2) is 0 Å². The highest BCUT2D eigenvalue weighted by Crippen LogP contribution is 2.39. The average Bonchev–Trinajstić information content (AvgIpc) is 3.18. The standard InChI is InChI=1S/C21H15F6N3O2/c22-20(23,24)18-7-16(6-5-15(18)9-29)30-10-17(32-19(30)21(25,26)27)12-31-11-14-3-1-13(8-28)2-4-14/h1-7,17,19H,10-12H2/t17-,19+/m1/s1. The number of ether oxygens (including phenoxy) is 2. The second-order valence-corrected chi connectivity index (χ2v) is 6.97. The van der Waals surface area contributed by atoms with Crippen LogP contribution in [0.5, 0.6) is 0 Å². The van der Waals surface area contributed by atoms with E-state index < -0.39 is 35.8 Å². The van der Waals surface area contributed by atoms with E-state index in [-0.39, 0.29) is 25.4 Å². The second kappa shape index (κ2) is 9.07. The van der Waals surface area contributed by atoms with Crippen molar-refractivity contribution in [1.29, 1.82) is 10.5 Å². The first-order valence-electron chi connectivity index (χ1n) is 9.20. The summed E-state index contributed by atoms with van der Waals surface area (Å²) in [6.07, 6.45) is -13.3. The largest absolute Gasteiger partial charge is 0.433 e. The van der Waals surface area contributed by atoms with Crippen molar-refractivity contribution < 1.29 is 35.8 Å². The third-order valence-electron chi connectivity index (χ3n) is 4.70. The smallest absolute Gasteiger partial charge is 0.374 e. The highest BCUT2D eigenvalue weighted by Gasteiger charge is 2.51. The van der Waals surface area contributed by atoms with Gasteiger partial charge in [-0.2, -0.15) is 36.9 Å². The van der Waals surface area contributed by atoms with E-state index in [2.05, 4.69) is 0 Å². The number of hydrogen-bond donors (Lipinski definition) is 0. The number of alkyl halides is 6. The molecule has 168 valence electrons. The summed E-state index contributed by atoms with van der Waals surface area (Å²) in [7, 11) is 0. The van der Waals surface area contributed by atoms with E-state index in [9.17, 15) is 26.3 Å². The minimum Gasteiger partial charge on any atom is -0.374 e. The molecule has 0 saturated carbocycles. The molecule has 1 heterocycles. The van der Waals surface area contributed by atoms with E-state index in [0.29, 0.717) is 22.1 Å². The van der Waals surface area contributed by atoms with Gasteiger partial charge in [0.1, 0.15) is 6.10 Å². The van der Waals surface area contributed by atoms with Crippen LogP contribution in [-0.4, -0.2) is 31.7 Å². The number of halogens is 6. The lowest BCUT2D eigenvalue weighted by Crippen LogP contribution is -2.42. The Morgan fingerprint density at radius 2 is 1.69 bits per heavy atom. The molecule has 0 N–H and O–H groups in total. The van der Waals surface area contributed by atoms with E-state index in [0.717, 1.165) is 12.1 Å². The third kappa shape index (κ3) is 5.31. The van der Waals surface area contributed by atoms with Gasteiger partial charge in [-0.05, 0) is 35.9 Å². The van der Waals surface area contributed by atoms with Gasteiger partial charge >= 0.3 is 12.4 Å². The van der Waals surface area contributed by atoms with E-state index in [1.54, 1.807) is 24.3 Å². The first kappa shape index (κ1) is 23.4. The minimum absolute atomic E-state index is 0.0529. The first-order valence-corrected chi connectivity index (χ1v) is 9.20. The number of anilines is 1. The molecule has 5 nitrogen and oxygen atoms in total.